The zero-order chi connectivity index (χ0) is 20.5. The lowest BCUT2D eigenvalue weighted by molar-refractivity contribution is -0.121. The van der Waals surface area contributed by atoms with Gasteiger partial charge in [-0.05, 0) is 57.0 Å². The zero-order valence-corrected chi connectivity index (χ0v) is 17.4. The molecule has 0 saturated heterocycles. The van der Waals surface area contributed by atoms with E-state index in [9.17, 15) is 4.79 Å². The summed E-state index contributed by atoms with van der Waals surface area (Å²) in [7, 11) is 0. The number of rotatable bonds is 5. The Morgan fingerprint density at radius 3 is 2.83 bits per heavy atom. The van der Waals surface area contributed by atoms with Crippen LogP contribution in [0.15, 0.2) is 36.5 Å². The first-order valence-electron chi connectivity index (χ1n) is 10.1. The van der Waals surface area contributed by atoms with E-state index < -0.39 is 0 Å². The van der Waals surface area contributed by atoms with Crippen LogP contribution in [-0.4, -0.2) is 28.0 Å². The van der Waals surface area contributed by atoms with Crippen LogP contribution >= 0.6 is 0 Å². The van der Waals surface area contributed by atoms with Gasteiger partial charge in [0.05, 0.1) is 30.6 Å². The number of nitrogens with zero attached hydrogens (tertiary/aromatic N) is 2. The summed E-state index contributed by atoms with van der Waals surface area (Å²) in [6.07, 6.45) is 2.51. The van der Waals surface area contributed by atoms with Crippen molar-refractivity contribution in [3.05, 3.63) is 59.0 Å². The number of aromatic nitrogens is 2. The molecule has 2 aromatic heterocycles. The Morgan fingerprint density at radius 1 is 1.24 bits per heavy atom. The standard InChI is InChI=1S/C23H27N3O3/c1-5-28-20-10-16(7-8-19(20)29-14(2)3)17-11-22(27)24-12-18-23(17)26-13-15(4)6-9-21(26)25-18/h6-10,13-14,17H,5,11-12H2,1-4H3,(H,24,27)/t17-/m1/s1. The van der Waals surface area contributed by atoms with Gasteiger partial charge in [-0.25, -0.2) is 4.98 Å². The Morgan fingerprint density at radius 2 is 2.07 bits per heavy atom. The van der Waals surface area contributed by atoms with Crippen molar-refractivity contribution in [1.82, 2.24) is 14.7 Å². The molecule has 0 aliphatic carbocycles. The van der Waals surface area contributed by atoms with Gasteiger partial charge in [0, 0.05) is 18.5 Å². The van der Waals surface area contributed by atoms with Gasteiger partial charge < -0.3 is 19.2 Å². The van der Waals surface area contributed by atoms with Crippen molar-refractivity contribution in [3.8, 4) is 11.5 Å². The van der Waals surface area contributed by atoms with Crippen molar-refractivity contribution in [2.75, 3.05) is 6.61 Å². The molecule has 0 saturated carbocycles. The summed E-state index contributed by atoms with van der Waals surface area (Å²) in [4.78, 5) is 17.2. The van der Waals surface area contributed by atoms with Gasteiger partial charge >= 0.3 is 0 Å². The number of amides is 1. The largest absolute Gasteiger partial charge is 0.490 e. The van der Waals surface area contributed by atoms with Crippen LogP contribution in [0.25, 0.3) is 5.65 Å². The van der Waals surface area contributed by atoms with Crippen LogP contribution in [0.3, 0.4) is 0 Å². The molecule has 0 unspecified atom stereocenters. The second-order valence-corrected chi connectivity index (χ2v) is 7.72. The summed E-state index contributed by atoms with van der Waals surface area (Å²) < 4.78 is 13.9. The molecule has 1 amide bonds. The van der Waals surface area contributed by atoms with E-state index in [1.807, 2.05) is 45.0 Å². The third-order valence-corrected chi connectivity index (χ3v) is 5.08. The summed E-state index contributed by atoms with van der Waals surface area (Å²) >= 11 is 0. The number of ether oxygens (including phenoxy) is 2. The van der Waals surface area contributed by atoms with E-state index in [2.05, 4.69) is 28.9 Å². The first-order valence-corrected chi connectivity index (χ1v) is 10.1. The molecular weight excluding hydrogens is 366 g/mol. The van der Waals surface area contributed by atoms with Gasteiger partial charge in [-0.1, -0.05) is 12.1 Å². The van der Waals surface area contributed by atoms with Gasteiger partial charge in [-0.3, -0.25) is 4.79 Å². The molecule has 1 aromatic carbocycles. The van der Waals surface area contributed by atoms with E-state index in [4.69, 9.17) is 14.5 Å². The maximum atomic E-state index is 12.5. The van der Waals surface area contributed by atoms with Gasteiger partial charge in [-0.2, -0.15) is 0 Å². The number of hydrogen-bond donors (Lipinski definition) is 1. The quantitative estimate of drug-likeness (QED) is 0.712. The van der Waals surface area contributed by atoms with Crippen molar-refractivity contribution in [3.63, 3.8) is 0 Å². The number of carbonyl (C=O) groups excluding carboxylic acids is 1. The van der Waals surface area contributed by atoms with E-state index in [1.54, 1.807) is 0 Å². The Balaban J connectivity index is 1.85. The topological polar surface area (TPSA) is 64.9 Å². The molecule has 0 spiro atoms. The summed E-state index contributed by atoms with van der Waals surface area (Å²) in [6.45, 7) is 8.99. The lowest BCUT2D eigenvalue weighted by Gasteiger charge is -2.20. The summed E-state index contributed by atoms with van der Waals surface area (Å²) in [5.41, 5.74) is 5.03. The minimum Gasteiger partial charge on any atom is -0.490 e. The fraction of sp³-hybridized carbons (Fsp3) is 0.391. The maximum absolute atomic E-state index is 12.5. The first kappa shape index (κ1) is 19.3. The smallest absolute Gasteiger partial charge is 0.221 e. The Kier molecular flexibility index (Phi) is 5.18. The number of imidazole rings is 1. The van der Waals surface area contributed by atoms with Crippen molar-refractivity contribution in [1.29, 1.82) is 0 Å². The molecule has 6 heteroatoms. The van der Waals surface area contributed by atoms with Crippen molar-refractivity contribution < 1.29 is 14.3 Å². The molecular formula is C23H27N3O3. The average Bonchev–Trinajstić information content (AvgIpc) is 2.94. The van der Waals surface area contributed by atoms with Crippen molar-refractivity contribution in [2.45, 2.75) is 52.7 Å². The van der Waals surface area contributed by atoms with Gasteiger partial charge in [0.15, 0.2) is 11.5 Å². The second kappa shape index (κ2) is 7.78. The minimum atomic E-state index is -0.114. The summed E-state index contributed by atoms with van der Waals surface area (Å²) in [5, 5.41) is 2.98. The number of benzene rings is 1. The molecule has 1 atom stereocenters. The summed E-state index contributed by atoms with van der Waals surface area (Å²) in [5.74, 6) is 1.33. The van der Waals surface area contributed by atoms with Crippen LogP contribution in [0.2, 0.25) is 0 Å². The van der Waals surface area contributed by atoms with Gasteiger partial charge in [0.1, 0.15) is 5.65 Å². The fourth-order valence-corrected chi connectivity index (χ4v) is 3.89. The number of hydrogen-bond acceptors (Lipinski definition) is 4. The van der Waals surface area contributed by atoms with Gasteiger partial charge in [0.25, 0.3) is 0 Å². The normalized spacial score (nSPS) is 16.4. The number of fused-ring (bicyclic) bond motifs is 3. The average molecular weight is 393 g/mol. The molecule has 1 aliphatic rings. The SMILES string of the molecule is CCOc1cc([C@H]2CC(=O)NCc3nc4ccc(C)cn4c32)ccc1OC(C)C. The highest BCUT2D eigenvalue weighted by molar-refractivity contribution is 5.78. The zero-order valence-electron chi connectivity index (χ0n) is 17.4. The van der Waals surface area contributed by atoms with E-state index in [-0.39, 0.29) is 17.9 Å². The van der Waals surface area contributed by atoms with Crippen LogP contribution in [0.1, 0.15) is 55.6 Å². The van der Waals surface area contributed by atoms with Crippen molar-refractivity contribution in [2.24, 2.45) is 0 Å². The molecule has 6 nitrogen and oxygen atoms in total. The van der Waals surface area contributed by atoms with Crippen molar-refractivity contribution >= 4 is 11.6 Å². The Bertz CT molecular complexity index is 1050. The molecule has 0 radical (unpaired) electrons. The third-order valence-electron chi connectivity index (χ3n) is 5.08. The monoisotopic (exact) mass is 393 g/mol. The predicted octanol–water partition coefficient (Wildman–Crippen LogP) is 3.98. The predicted molar refractivity (Wildman–Crippen MR) is 112 cm³/mol. The van der Waals surface area contributed by atoms with Crippen LogP contribution in [0.4, 0.5) is 0 Å². The highest BCUT2D eigenvalue weighted by atomic mass is 16.5. The number of pyridine rings is 1. The summed E-state index contributed by atoms with van der Waals surface area (Å²) in [6, 6.07) is 10.1. The Labute approximate surface area is 170 Å². The molecule has 1 N–H and O–H groups in total. The van der Waals surface area contributed by atoms with Crippen LogP contribution < -0.4 is 14.8 Å². The highest BCUT2D eigenvalue weighted by Gasteiger charge is 2.29. The van der Waals surface area contributed by atoms with Gasteiger partial charge in [-0.15, -0.1) is 0 Å². The van der Waals surface area contributed by atoms with Crippen LogP contribution in [-0.2, 0) is 11.3 Å². The van der Waals surface area contributed by atoms with E-state index >= 15 is 0 Å². The highest BCUT2D eigenvalue weighted by Crippen LogP contribution is 2.38. The molecule has 4 rings (SSSR count). The molecule has 29 heavy (non-hydrogen) atoms. The molecule has 0 fully saturated rings. The van der Waals surface area contributed by atoms with E-state index in [0.717, 1.165) is 33.9 Å². The number of carbonyl (C=O) groups is 1. The number of nitrogens with one attached hydrogen (secondary N) is 1. The third kappa shape index (κ3) is 3.79. The van der Waals surface area contributed by atoms with Gasteiger partial charge in [0.2, 0.25) is 5.91 Å². The lowest BCUT2D eigenvalue weighted by atomic mass is 9.91. The van der Waals surface area contributed by atoms with Crippen LogP contribution in [0, 0.1) is 6.92 Å². The van der Waals surface area contributed by atoms with E-state index in [1.165, 1.54) is 0 Å². The molecule has 3 heterocycles. The molecule has 152 valence electrons. The minimum absolute atomic E-state index is 0.0230. The lowest BCUT2D eigenvalue weighted by Crippen LogP contribution is -2.21. The fourth-order valence-electron chi connectivity index (χ4n) is 3.89. The maximum Gasteiger partial charge on any atom is 0.221 e. The van der Waals surface area contributed by atoms with Crippen LogP contribution in [0.5, 0.6) is 11.5 Å². The first-order chi connectivity index (χ1) is 14.0. The molecule has 3 aromatic rings. The molecule has 1 aliphatic heterocycles. The van der Waals surface area contributed by atoms with E-state index in [0.29, 0.717) is 25.3 Å². The number of aryl methyl sites for hydroxylation is 1. The molecule has 0 bridgehead atoms. The second-order valence-electron chi connectivity index (χ2n) is 7.72. The Hall–Kier alpha value is -3.02.